The summed E-state index contributed by atoms with van der Waals surface area (Å²) in [5.74, 6) is 1.82. The Labute approximate surface area is 115 Å². The molecule has 0 aliphatic heterocycles. The number of methoxy groups -OCH3 is 1. The van der Waals surface area contributed by atoms with Crippen molar-refractivity contribution in [3.63, 3.8) is 0 Å². The highest BCUT2D eigenvalue weighted by Crippen LogP contribution is 2.58. The van der Waals surface area contributed by atoms with E-state index >= 15 is 0 Å². The molecule has 2 aromatic rings. The molecule has 19 heavy (non-hydrogen) atoms. The van der Waals surface area contributed by atoms with Gasteiger partial charge in [0.1, 0.15) is 5.75 Å². The minimum absolute atomic E-state index is 0.461. The Balaban J connectivity index is 2.03. The highest BCUT2D eigenvalue weighted by Gasteiger charge is 2.52. The lowest BCUT2D eigenvalue weighted by Gasteiger charge is -2.16. The van der Waals surface area contributed by atoms with Crippen LogP contribution in [-0.2, 0) is 5.41 Å². The maximum atomic E-state index is 5.29. The van der Waals surface area contributed by atoms with Gasteiger partial charge in [0.15, 0.2) is 0 Å². The van der Waals surface area contributed by atoms with Crippen molar-refractivity contribution in [2.24, 2.45) is 5.92 Å². The number of fused-ring (bicyclic) bond motifs is 1. The molecular weight excluding hydrogens is 232 g/mol. The third-order valence-electron chi connectivity index (χ3n) is 4.98. The molecule has 0 spiro atoms. The summed E-state index contributed by atoms with van der Waals surface area (Å²) in [5.41, 5.74) is 1.99. The number of hydrogen-bond donors (Lipinski definition) is 0. The summed E-state index contributed by atoms with van der Waals surface area (Å²) in [6.07, 6.45) is 3.92. The van der Waals surface area contributed by atoms with Gasteiger partial charge >= 0.3 is 0 Å². The van der Waals surface area contributed by atoms with Gasteiger partial charge in [0.05, 0.1) is 7.11 Å². The van der Waals surface area contributed by atoms with E-state index in [1.54, 1.807) is 7.11 Å². The predicted octanol–water partition coefficient (Wildman–Crippen LogP) is 4.93. The zero-order valence-electron chi connectivity index (χ0n) is 12.1. The van der Waals surface area contributed by atoms with E-state index in [4.69, 9.17) is 4.74 Å². The molecule has 0 amide bonds. The molecule has 0 bridgehead atoms. The molecular formula is C18H22O. The number of rotatable bonds is 4. The van der Waals surface area contributed by atoms with Crippen LogP contribution < -0.4 is 4.74 Å². The molecule has 3 rings (SSSR count). The molecule has 1 heteroatoms. The van der Waals surface area contributed by atoms with Crippen LogP contribution in [0.2, 0.25) is 0 Å². The average Bonchev–Trinajstić information content (AvgIpc) is 3.21. The first-order valence-corrected chi connectivity index (χ1v) is 7.31. The van der Waals surface area contributed by atoms with E-state index in [1.165, 1.54) is 35.6 Å². The van der Waals surface area contributed by atoms with Crippen molar-refractivity contribution in [2.75, 3.05) is 7.11 Å². The minimum Gasteiger partial charge on any atom is -0.497 e. The second-order valence-electron chi connectivity index (χ2n) is 5.75. The largest absolute Gasteiger partial charge is 0.497 e. The monoisotopic (exact) mass is 254 g/mol. The van der Waals surface area contributed by atoms with E-state index in [-0.39, 0.29) is 0 Å². The molecule has 0 saturated heterocycles. The van der Waals surface area contributed by atoms with Crippen LogP contribution in [0, 0.1) is 5.92 Å². The molecule has 1 aliphatic rings. The lowest BCUT2D eigenvalue weighted by molar-refractivity contribution is 0.415. The summed E-state index contributed by atoms with van der Waals surface area (Å²) in [6, 6.07) is 13.3. The molecule has 2 atom stereocenters. The fraction of sp³-hybridized carbons (Fsp3) is 0.444. The van der Waals surface area contributed by atoms with Gasteiger partial charge in [-0.1, -0.05) is 44.5 Å². The Bertz CT molecular complexity index is 602. The van der Waals surface area contributed by atoms with Crippen molar-refractivity contribution in [1.29, 1.82) is 0 Å². The highest BCUT2D eigenvalue weighted by atomic mass is 16.5. The Morgan fingerprint density at radius 2 is 1.84 bits per heavy atom. The zero-order valence-corrected chi connectivity index (χ0v) is 12.1. The van der Waals surface area contributed by atoms with E-state index in [1.807, 2.05) is 0 Å². The number of benzene rings is 2. The molecule has 0 heterocycles. The van der Waals surface area contributed by atoms with Crippen LogP contribution in [0.1, 0.15) is 38.7 Å². The summed E-state index contributed by atoms with van der Waals surface area (Å²) in [5, 5.41) is 2.59. The number of ether oxygens (including phenoxy) is 1. The molecule has 1 aliphatic carbocycles. The normalized spacial score (nSPS) is 25.5. The van der Waals surface area contributed by atoms with Crippen LogP contribution in [0.15, 0.2) is 36.4 Å². The van der Waals surface area contributed by atoms with Gasteiger partial charge in [-0.2, -0.15) is 0 Å². The molecule has 1 fully saturated rings. The van der Waals surface area contributed by atoms with Gasteiger partial charge in [-0.05, 0) is 52.6 Å². The standard InChI is InChI=1S/C18H22O/c1-4-15-12-18(15,5-2)16-8-6-14-11-17(19-3)9-7-13(14)10-16/h6-11,15H,4-5,12H2,1-3H3. The first kappa shape index (κ1) is 12.5. The maximum absolute atomic E-state index is 5.29. The molecule has 100 valence electrons. The van der Waals surface area contributed by atoms with Crippen molar-refractivity contribution in [3.8, 4) is 5.75 Å². The van der Waals surface area contributed by atoms with Crippen LogP contribution in [0.5, 0.6) is 5.75 Å². The molecule has 2 unspecified atom stereocenters. The third kappa shape index (κ3) is 1.92. The molecule has 1 saturated carbocycles. The number of hydrogen-bond acceptors (Lipinski definition) is 1. The SMILES string of the molecule is CCC1CC1(CC)c1ccc2cc(OC)ccc2c1. The summed E-state index contributed by atoms with van der Waals surface area (Å²) in [6.45, 7) is 4.64. The van der Waals surface area contributed by atoms with Crippen molar-refractivity contribution in [3.05, 3.63) is 42.0 Å². The molecule has 0 radical (unpaired) electrons. The van der Waals surface area contributed by atoms with Gasteiger partial charge in [0.2, 0.25) is 0 Å². The van der Waals surface area contributed by atoms with Crippen molar-refractivity contribution < 1.29 is 4.74 Å². The smallest absolute Gasteiger partial charge is 0.119 e. The van der Waals surface area contributed by atoms with Gasteiger partial charge in [0.25, 0.3) is 0 Å². The first-order valence-electron chi connectivity index (χ1n) is 7.31. The summed E-state index contributed by atoms with van der Waals surface area (Å²) in [7, 11) is 1.72. The van der Waals surface area contributed by atoms with Crippen LogP contribution in [-0.4, -0.2) is 7.11 Å². The topological polar surface area (TPSA) is 9.23 Å². The molecule has 0 aromatic heterocycles. The minimum atomic E-state index is 0.461. The average molecular weight is 254 g/mol. The van der Waals surface area contributed by atoms with Gasteiger partial charge in [0, 0.05) is 0 Å². The van der Waals surface area contributed by atoms with Gasteiger partial charge in [-0.15, -0.1) is 0 Å². The van der Waals surface area contributed by atoms with Gasteiger partial charge in [-0.3, -0.25) is 0 Å². The predicted molar refractivity (Wildman–Crippen MR) is 80.9 cm³/mol. The van der Waals surface area contributed by atoms with Gasteiger partial charge < -0.3 is 4.74 Å². The van der Waals surface area contributed by atoms with Crippen LogP contribution in [0.3, 0.4) is 0 Å². The quantitative estimate of drug-likeness (QED) is 0.752. The zero-order chi connectivity index (χ0) is 13.5. The fourth-order valence-electron chi connectivity index (χ4n) is 3.57. The van der Waals surface area contributed by atoms with E-state index in [2.05, 4.69) is 50.2 Å². The summed E-state index contributed by atoms with van der Waals surface area (Å²) in [4.78, 5) is 0. The summed E-state index contributed by atoms with van der Waals surface area (Å²) >= 11 is 0. The van der Waals surface area contributed by atoms with Crippen molar-refractivity contribution >= 4 is 10.8 Å². The second kappa shape index (κ2) is 4.56. The lowest BCUT2D eigenvalue weighted by Crippen LogP contribution is -2.08. The van der Waals surface area contributed by atoms with E-state index < -0.39 is 0 Å². The van der Waals surface area contributed by atoms with Crippen LogP contribution in [0.25, 0.3) is 10.8 Å². The lowest BCUT2D eigenvalue weighted by atomic mass is 9.88. The van der Waals surface area contributed by atoms with Crippen molar-refractivity contribution in [1.82, 2.24) is 0 Å². The molecule has 2 aromatic carbocycles. The fourth-order valence-corrected chi connectivity index (χ4v) is 3.57. The molecule has 0 N–H and O–H groups in total. The van der Waals surface area contributed by atoms with Crippen LogP contribution >= 0.6 is 0 Å². The second-order valence-corrected chi connectivity index (χ2v) is 5.75. The Morgan fingerprint density at radius 3 is 2.47 bits per heavy atom. The Morgan fingerprint density at radius 1 is 1.11 bits per heavy atom. The van der Waals surface area contributed by atoms with Gasteiger partial charge in [-0.25, -0.2) is 0 Å². The Kier molecular flexibility index (Phi) is 3.00. The highest BCUT2D eigenvalue weighted by molar-refractivity contribution is 5.85. The van der Waals surface area contributed by atoms with Crippen molar-refractivity contribution in [2.45, 2.75) is 38.5 Å². The van der Waals surface area contributed by atoms with E-state index in [0.29, 0.717) is 5.41 Å². The summed E-state index contributed by atoms with van der Waals surface area (Å²) < 4.78 is 5.29. The van der Waals surface area contributed by atoms with E-state index in [0.717, 1.165) is 11.7 Å². The third-order valence-corrected chi connectivity index (χ3v) is 4.98. The first-order chi connectivity index (χ1) is 9.23. The van der Waals surface area contributed by atoms with Crippen LogP contribution in [0.4, 0.5) is 0 Å². The molecule has 1 nitrogen and oxygen atoms in total. The maximum Gasteiger partial charge on any atom is 0.119 e. The Hall–Kier alpha value is -1.50. The van der Waals surface area contributed by atoms with E-state index in [9.17, 15) is 0 Å².